The highest BCUT2D eigenvalue weighted by atomic mass is 32.1. The first kappa shape index (κ1) is 16.4. The van der Waals surface area contributed by atoms with Crippen LogP contribution in [0.4, 0.5) is 0 Å². The number of carbonyl (C=O) groups is 1. The summed E-state index contributed by atoms with van der Waals surface area (Å²) in [6.07, 6.45) is 0. The molecule has 2 aromatic rings. The molecule has 1 amide bonds. The lowest BCUT2D eigenvalue weighted by Gasteiger charge is -2.11. The second-order valence-electron chi connectivity index (χ2n) is 5.22. The number of benzene rings is 1. The highest BCUT2D eigenvalue weighted by molar-refractivity contribution is 7.71. The van der Waals surface area contributed by atoms with Gasteiger partial charge in [0.1, 0.15) is 0 Å². The van der Waals surface area contributed by atoms with Gasteiger partial charge in [0.05, 0.1) is 13.2 Å². The molecule has 0 aliphatic heterocycles. The third-order valence-corrected chi connectivity index (χ3v) is 3.49. The Bertz CT molecular complexity index is 706. The van der Waals surface area contributed by atoms with Gasteiger partial charge < -0.3 is 14.6 Å². The van der Waals surface area contributed by atoms with Crippen LogP contribution in [0.5, 0.6) is 0 Å². The van der Waals surface area contributed by atoms with Gasteiger partial charge in [0.15, 0.2) is 10.6 Å². The van der Waals surface area contributed by atoms with Crippen LogP contribution in [0.2, 0.25) is 0 Å². The van der Waals surface area contributed by atoms with Crippen LogP contribution in [-0.2, 0) is 17.9 Å². The Hall–Kier alpha value is -1.99. The summed E-state index contributed by atoms with van der Waals surface area (Å²) in [5.74, 6) is 0.559. The van der Waals surface area contributed by atoms with E-state index >= 15 is 0 Å². The summed E-state index contributed by atoms with van der Waals surface area (Å²) in [7, 11) is 1.63. The van der Waals surface area contributed by atoms with E-state index in [1.165, 1.54) is 0 Å². The van der Waals surface area contributed by atoms with Crippen LogP contribution < -0.4 is 5.32 Å². The van der Waals surface area contributed by atoms with Crippen LogP contribution in [0.3, 0.4) is 0 Å². The van der Waals surface area contributed by atoms with E-state index in [0.717, 1.165) is 5.56 Å². The molecule has 0 unspecified atom stereocenters. The van der Waals surface area contributed by atoms with Gasteiger partial charge in [-0.05, 0) is 43.8 Å². The molecule has 0 saturated heterocycles. The Labute approximate surface area is 134 Å². The topological polar surface area (TPSA) is 71.9 Å². The smallest absolute Gasteiger partial charge is 0.251 e. The summed E-state index contributed by atoms with van der Waals surface area (Å²) in [6, 6.07) is 7.53. The van der Waals surface area contributed by atoms with Crippen LogP contribution in [0.25, 0.3) is 0 Å². The molecule has 1 aromatic carbocycles. The SMILES string of the molecule is COCc1cccc(C(=O)NCc2n[nH]c(=S)n2C(C)C)c1. The number of methoxy groups -OCH3 is 1. The van der Waals surface area contributed by atoms with Crippen molar-refractivity contribution in [2.45, 2.75) is 33.0 Å². The fourth-order valence-corrected chi connectivity index (χ4v) is 2.59. The average Bonchev–Trinajstić information content (AvgIpc) is 2.86. The molecule has 7 heteroatoms. The summed E-state index contributed by atoms with van der Waals surface area (Å²) >= 11 is 5.19. The quantitative estimate of drug-likeness (QED) is 0.803. The number of nitrogens with zero attached hydrogens (tertiary/aromatic N) is 2. The van der Waals surface area contributed by atoms with Crippen LogP contribution in [0.1, 0.15) is 41.6 Å². The lowest BCUT2D eigenvalue weighted by atomic mass is 10.1. The van der Waals surface area contributed by atoms with Gasteiger partial charge in [0.2, 0.25) is 0 Å². The molecule has 0 saturated carbocycles. The number of nitrogens with one attached hydrogen (secondary N) is 2. The van der Waals surface area contributed by atoms with E-state index in [1.54, 1.807) is 13.2 Å². The van der Waals surface area contributed by atoms with E-state index in [4.69, 9.17) is 17.0 Å². The summed E-state index contributed by atoms with van der Waals surface area (Å²) in [6.45, 7) is 4.83. The van der Waals surface area contributed by atoms with Gasteiger partial charge in [-0.25, -0.2) is 0 Å². The zero-order valence-corrected chi connectivity index (χ0v) is 13.7. The van der Waals surface area contributed by atoms with Gasteiger partial charge in [-0.3, -0.25) is 9.89 Å². The molecule has 1 heterocycles. The number of ether oxygens (including phenoxy) is 1. The molecule has 1 aromatic heterocycles. The molecule has 0 fully saturated rings. The standard InChI is InChI=1S/C15H20N4O2S/c1-10(2)19-13(17-18-15(19)22)8-16-14(20)12-6-4-5-11(7-12)9-21-3/h4-7,10H,8-9H2,1-3H3,(H,16,20)(H,18,22). The maximum absolute atomic E-state index is 12.2. The summed E-state index contributed by atoms with van der Waals surface area (Å²) < 4.78 is 7.52. The Balaban J connectivity index is 2.07. The Kier molecular flexibility index (Phi) is 5.46. The summed E-state index contributed by atoms with van der Waals surface area (Å²) in [4.78, 5) is 12.2. The van der Waals surface area contributed by atoms with Crippen molar-refractivity contribution in [3.05, 3.63) is 46.0 Å². The zero-order valence-electron chi connectivity index (χ0n) is 12.9. The summed E-state index contributed by atoms with van der Waals surface area (Å²) in [5.41, 5.74) is 1.56. The first-order valence-electron chi connectivity index (χ1n) is 7.04. The summed E-state index contributed by atoms with van der Waals surface area (Å²) in [5, 5.41) is 9.78. The normalized spacial score (nSPS) is 10.9. The lowest BCUT2D eigenvalue weighted by Crippen LogP contribution is -2.25. The van der Waals surface area contributed by atoms with E-state index < -0.39 is 0 Å². The van der Waals surface area contributed by atoms with E-state index in [2.05, 4.69) is 15.5 Å². The minimum atomic E-state index is -0.151. The largest absolute Gasteiger partial charge is 0.380 e. The van der Waals surface area contributed by atoms with Crippen LogP contribution >= 0.6 is 12.2 Å². The fraction of sp³-hybridized carbons (Fsp3) is 0.400. The van der Waals surface area contributed by atoms with E-state index in [9.17, 15) is 4.79 Å². The van der Waals surface area contributed by atoms with Gasteiger partial charge in [-0.1, -0.05) is 12.1 Å². The van der Waals surface area contributed by atoms with E-state index in [0.29, 0.717) is 29.3 Å². The predicted molar refractivity (Wildman–Crippen MR) is 86.1 cm³/mol. The molecule has 0 aliphatic rings. The highest BCUT2D eigenvalue weighted by Crippen LogP contribution is 2.09. The molecular formula is C15H20N4O2S. The van der Waals surface area contributed by atoms with Crippen molar-refractivity contribution in [2.75, 3.05) is 7.11 Å². The van der Waals surface area contributed by atoms with E-state index in [1.807, 2.05) is 36.6 Å². The predicted octanol–water partition coefficient (Wildman–Crippen LogP) is 2.60. The van der Waals surface area contributed by atoms with Gasteiger partial charge in [-0.15, -0.1) is 0 Å². The molecule has 0 bridgehead atoms. The maximum Gasteiger partial charge on any atom is 0.251 e. The number of hydrogen-bond acceptors (Lipinski definition) is 4. The number of rotatable bonds is 6. The molecular weight excluding hydrogens is 300 g/mol. The third kappa shape index (κ3) is 3.80. The zero-order chi connectivity index (χ0) is 16.1. The maximum atomic E-state index is 12.2. The van der Waals surface area contributed by atoms with Crippen molar-refractivity contribution in [3.8, 4) is 0 Å². The molecule has 2 rings (SSSR count). The molecule has 0 atom stereocenters. The Morgan fingerprint density at radius 3 is 2.95 bits per heavy atom. The number of carbonyl (C=O) groups excluding carboxylic acids is 1. The van der Waals surface area contributed by atoms with Crippen molar-refractivity contribution < 1.29 is 9.53 Å². The van der Waals surface area contributed by atoms with Crippen molar-refractivity contribution in [2.24, 2.45) is 0 Å². The molecule has 0 spiro atoms. The van der Waals surface area contributed by atoms with Crippen molar-refractivity contribution in [1.82, 2.24) is 20.1 Å². The van der Waals surface area contributed by atoms with Crippen LogP contribution in [0, 0.1) is 4.77 Å². The minimum Gasteiger partial charge on any atom is -0.380 e. The number of H-pyrrole nitrogens is 1. The first-order chi connectivity index (χ1) is 10.5. The second kappa shape index (κ2) is 7.33. The average molecular weight is 320 g/mol. The van der Waals surface area contributed by atoms with Crippen molar-refractivity contribution in [3.63, 3.8) is 0 Å². The van der Waals surface area contributed by atoms with Crippen LogP contribution in [-0.4, -0.2) is 27.8 Å². The van der Waals surface area contributed by atoms with Crippen LogP contribution in [0.15, 0.2) is 24.3 Å². The van der Waals surface area contributed by atoms with Gasteiger partial charge in [-0.2, -0.15) is 5.10 Å². The number of aromatic nitrogens is 3. The highest BCUT2D eigenvalue weighted by Gasteiger charge is 2.11. The third-order valence-electron chi connectivity index (χ3n) is 3.20. The molecule has 6 nitrogen and oxygen atoms in total. The van der Waals surface area contributed by atoms with E-state index in [-0.39, 0.29) is 11.9 Å². The molecule has 0 radical (unpaired) electrons. The number of amides is 1. The fourth-order valence-electron chi connectivity index (χ4n) is 2.22. The lowest BCUT2D eigenvalue weighted by molar-refractivity contribution is 0.0949. The van der Waals surface area contributed by atoms with Gasteiger partial charge >= 0.3 is 0 Å². The van der Waals surface area contributed by atoms with Gasteiger partial charge in [0, 0.05) is 18.7 Å². The Morgan fingerprint density at radius 2 is 2.27 bits per heavy atom. The number of hydrogen-bond donors (Lipinski definition) is 2. The van der Waals surface area contributed by atoms with Gasteiger partial charge in [0.25, 0.3) is 5.91 Å². The minimum absolute atomic E-state index is 0.151. The number of aromatic amines is 1. The first-order valence-corrected chi connectivity index (χ1v) is 7.45. The second-order valence-corrected chi connectivity index (χ2v) is 5.61. The Morgan fingerprint density at radius 1 is 1.50 bits per heavy atom. The van der Waals surface area contributed by atoms with Crippen molar-refractivity contribution in [1.29, 1.82) is 0 Å². The monoisotopic (exact) mass is 320 g/mol. The molecule has 0 aliphatic carbocycles. The molecule has 2 N–H and O–H groups in total. The molecule has 22 heavy (non-hydrogen) atoms. The van der Waals surface area contributed by atoms with Crippen molar-refractivity contribution >= 4 is 18.1 Å². The molecule has 118 valence electrons.